The number of hydrogen-bond donors (Lipinski definition) is 4. The molecule has 0 bridgehead atoms. The van der Waals surface area contributed by atoms with Crippen LogP contribution in [-0.4, -0.2) is 47.6 Å². The van der Waals surface area contributed by atoms with Gasteiger partial charge in [0.05, 0.1) is 25.0 Å². The molecule has 2 amide bonds. The van der Waals surface area contributed by atoms with Crippen LogP contribution >= 0.6 is 12.2 Å². The van der Waals surface area contributed by atoms with Crippen molar-refractivity contribution in [2.24, 2.45) is 10.8 Å². The lowest BCUT2D eigenvalue weighted by molar-refractivity contribution is -0.119. The summed E-state index contributed by atoms with van der Waals surface area (Å²) in [6, 6.07) is 8.89. The van der Waals surface area contributed by atoms with E-state index in [0.717, 1.165) is 0 Å². The maximum atomic E-state index is 14.8. The van der Waals surface area contributed by atoms with Gasteiger partial charge in [0.15, 0.2) is 5.11 Å². The Morgan fingerprint density at radius 1 is 1.42 bits per heavy atom. The van der Waals surface area contributed by atoms with Crippen molar-refractivity contribution < 1.29 is 23.8 Å². The highest BCUT2D eigenvalue weighted by molar-refractivity contribution is 7.80. The number of phenols is 1. The van der Waals surface area contributed by atoms with Crippen LogP contribution in [0.5, 0.6) is 5.75 Å². The normalized spacial score (nSPS) is 15.7. The molecule has 0 aromatic heterocycles. The number of hydrazone groups is 1. The molecule has 0 aliphatic carbocycles. The van der Waals surface area contributed by atoms with E-state index >= 15 is 0 Å². The lowest BCUT2D eigenvalue weighted by atomic mass is 10.0. The number of hydrogen-bond acceptors (Lipinski definition) is 6. The van der Waals surface area contributed by atoms with Gasteiger partial charge >= 0.3 is 6.09 Å². The quantitative estimate of drug-likeness (QED) is 0.303. The molecule has 1 aliphatic heterocycles. The van der Waals surface area contributed by atoms with Gasteiger partial charge in [0.2, 0.25) is 5.91 Å². The van der Waals surface area contributed by atoms with Crippen LogP contribution in [0.2, 0.25) is 0 Å². The summed E-state index contributed by atoms with van der Waals surface area (Å²) < 4.78 is 20.0. The van der Waals surface area contributed by atoms with E-state index < -0.39 is 18.0 Å². The van der Waals surface area contributed by atoms with Crippen LogP contribution in [0.15, 0.2) is 41.5 Å². The maximum Gasteiger partial charge on any atom is 0.414 e. The highest BCUT2D eigenvalue weighted by Crippen LogP contribution is 2.31. The third-order valence-corrected chi connectivity index (χ3v) is 4.53. The number of nitrogens with two attached hydrogens (primary N) is 1. The summed E-state index contributed by atoms with van der Waals surface area (Å²) in [5.74, 6) is -0.922. The molecule has 0 saturated carbocycles. The van der Waals surface area contributed by atoms with Crippen LogP contribution in [0.4, 0.5) is 14.9 Å². The number of nitrogens with zero attached hydrogens (tertiary/aromatic N) is 2. The number of phenolic OH excluding ortho intramolecular Hbond substituents is 1. The van der Waals surface area contributed by atoms with Crippen molar-refractivity contribution in [3.63, 3.8) is 0 Å². The van der Waals surface area contributed by atoms with Crippen molar-refractivity contribution >= 4 is 41.2 Å². The second kappa shape index (κ2) is 9.39. The number of amides is 2. The second-order valence-electron chi connectivity index (χ2n) is 6.73. The Balaban J connectivity index is 1.76. The summed E-state index contributed by atoms with van der Waals surface area (Å²) >= 11 is 4.63. The molecule has 3 rings (SSSR count). The largest absolute Gasteiger partial charge is 0.507 e. The predicted octanol–water partition coefficient (Wildman–Crippen LogP) is 1.83. The van der Waals surface area contributed by atoms with Gasteiger partial charge in [-0.2, -0.15) is 5.10 Å². The number of rotatable bonds is 6. The fraction of sp³-hybridized carbons (Fsp3) is 0.200. The molecule has 11 heteroatoms. The smallest absolute Gasteiger partial charge is 0.414 e. The molecule has 2 aromatic carbocycles. The fourth-order valence-electron chi connectivity index (χ4n) is 2.99. The Labute approximate surface area is 182 Å². The first kappa shape index (κ1) is 22.0. The molecule has 1 saturated heterocycles. The molecule has 1 atom stereocenters. The SMILES string of the molecule is CC(=O)NC[C@H]1CN(c2ccc(-c3ccc(C=NNC(N)=S)c(O)c3)c(F)c2)C(=O)O1. The van der Waals surface area contributed by atoms with Crippen LogP contribution in [-0.2, 0) is 9.53 Å². The monoisotopic (exact) mass is 445 g/mol. The van der Waals surface area contributed by atoms with Gasteiger partial charge < -0.3 is 20.9 Å². The zero-order valence-corrected chi connectivity index (χ0v) is 17.3. The first-order valence-corrected chi connectivity index (χ1v) is 9.59. The van der Waals surface area contributed by atoms with Gasteiger partial charge in [-0.15, -0.1) is 0 Å². The van der Waals surface area contributed by atoms with Crippen molar-refractivity contribution in [3.05, 3.63) is 47.8 Å². The minimum atomic E-state index is -0.616. The molecular weight excluding hydrogens is 425 g/mol. The van der Waals surface area contributed by atoms with E-state index in [9.17, 15) is 19.1 Å². The van der Waals surface area contributed by atoms with E-state index in [1.807, 2.05) is 0 Å². The second-order valence-corrected chi connectivity index (χ2v) is 7.17. The Morgan fingerprint density at radius 3 is 2.84 bits per heavy atom. The summed E-state index contributed by atoms with van der Waals surface area (Å²) in [5.41, 5.74) is 9.03. The lowest BCUT2D eigenvalue weighted by Crippen LogP contribution is -2.33. The van der Waals surface area contributed by atoms with E-state index in [1.165, 1.54) is 36.2 Å². The van der Waals surface area contributed by atoms with Gasteiger partial charge in [-0.1, -0.05) is 6.07 Å². The molecule has 0 radical (unpaired) electrons. The summed E-state index contributed by atoms with van der Waals surface area (Å²) in [6.45, 7) is 1.73. The number of carbonyl (C=O) groups excluding carboxylic acids is 2. The van der Waals surface area contributed by atoms with Gasteiger partial charge in [0, 0.05) is 18.1 Å². The van der Waals surface area contributed by atoms with E-state index in [1.54, 1.807) is 18.2 Å². The predicted molar refractivity (Wildman–Crippen MR) is 117 cm³/mol. The zero-order valence-electron chi connectivity index (χ0n) is 16.5. The van der Waals surface area contributed by atoms with E-state index in [0.29, 0.717) is 16.8 Å². The molecule has 1 heterocycles. The third kappa shape index (κ3) is 5.45. The number of anilines is 1. The van der Waals surface area contributed by atoms with E-state index in [2.05, 4.69) is 28.1 Å². The molecule has 1 fully saturated rings. The number of halogens is 1. The van der Waals surface area contributed by atoms with Crippen LogP contribution in [0.25, 0.3) is 11.1 Å². The van der Waals surface area contributed by atoms with Gasteiger partial charge in [-0.05, 0) is 48.1 Å². The Bertz CT molecular complexity index is 1060. The first-order chi connectivity index (χ1) is 14.7. The summed E-state index contributed by atoms with van der Waals surface area (Å²) in [5, 5.41) is 16.5. The van der Waals surface area contributed by atoms with Crippen LogP contribution in [0.1, 0.15) is 12.5 Å². The van der Waals surface area contributed by atoms with E-state index in [4.69, 9.17) is 10.5 Å². The Morgan fingerprint density at radius 2 is 2.19 bits per heavy atom. The molecule has 2 aromatic rings. The van der Waals surface area contributed by atoms with Crippen LogP contribution < -0.4 is 21.4 Å². The first-order valence-electron chi connectivity index (χ1n) is 9.18. The molecule has 1 aliphatic rings. The number of thiocarbonyl (C=S) groups is 1. The van der Waals surface area contributed by atoms with Crippen molar-refractivity contribution in [1.82, 2.24) is 10.7 Å². The van der Waals surface area contributed by atoms with Gasteiger partial charge in [-0.25, -0.2) is 9.18 Å². The van der Waals surface area contributed by atoms with Gasteiger partial charge in [-0.3, -0.25) is 15.1 Å². The number of benzene rings is 2. The molecule has 31 heavy (non-hydrogen) atoms. The molecule has 0 unspecified atom stereocenters. The summed E-state index contributed by atoms with van der Waals surface area (Å²) in [7, 11) is 0. The minimum Gasteiger partial charge on any atom is -0.507 e. The number of carbonyl (C=O) groups is 2. The van der Waals surface area contributed by atoms with E-state index in [-0.39, 0.29) is 35.4 Å². The van der Waals surface area contributed by atoms with Crippen molar-refractivity contribution in [2.75, 3.05) is 18.0 Å². The number of aromatic hydroxyl groups is 1. The van der Waals surface area contributed by atoms with Crippen LogP contribution in [0.3, 0.4) is 0 Å². The third-order valence-electron chi connectivity index (χ3n) is 4.44. The highest BCUT2D eigenvalue weighted by Gasteiger charge is 2.32. The highest BCUT2D eigenvalue weighted by atomic mass is 32.1. The average molecular weight is 445 g/mol. The minimum absolute atomic E-state index is 0.0159. The molecule has 0 spiro atoms. The number of ether oxygens (including phenoxy) is 1. The number of cyclic esters (lactones) is 1. The topological polar surface area (TPSA) is 129 Å². The Hall–Kier alpha value is -3.73. The van der Waals surface area contributed by atoms with Crippen molar-refractivity contribution in [3.8, 4) is 16.9 Å². The zero-order chi connectivity index (χ0) is 22.5. The lowest BCUT2D eigenvalue weighted by Gasteiger charge is -2.15. The Kier molecular flexibility index (Phi) is 6.65. The van der Waals surface area contributed by atoms with Crippen LogP contribution in [0, 0.1) is 5.82 Å². The maximum absolute atomic E-state index is 14.8. The number of nitrogens with one attached hydrogen (secondary N) is 2. The van der Waals surface area contributed by atoms with Crippen molar-refractivity contribution in [2.45, 2.75) is 13.0 Å². The van der Waals surface area contributed by atoms with Gasteiger partial charge in [0.1, 0.15) is 17.7 Å². The van der Waals surface area contributed by atoms with Crippen molar-refractivity contribution in [1.29, 1.82) is 0 Å². The summed E-state index contributed by atoms with van der Waals surface area (Å²) in [4.78, 5) is 24.4. The summed E-state index contributed by atoms with van der Waals surface area (Å²) in [6.07, 6.45) is 0.191. The molecular formula is C20H20FN5O4S. The standard InChI is InChI=1S/C20H20FN5O4S/c1-11(27)23-9-15-10-26(20(29)30-15)14-4-5-16(17(21)7-14)12-2-3-13(18(28)6-12)8-24-25-19(22)31/h2-8,15,28H,9-10H2,1H3,(H,23,27)(H3,22,25,31)/t15-/m0/s1. The molecule has 5 N–H and O–H groups in total. The molecule has 9 nitrogen and oxygen atoms in total. The average Bonchev–Trinajstić information content (AvgIpc) is 3.08. The fourth-order valence-corrected chi connectivity index (χ4v) is 3.04. The van der Waals surface area contributed by atoms with Gasteiger partial charge in [0.25, 0.3) is 0 Å². The molecule has 162 valence electrons.